The van der Waals surface area contributed by atoms with Gasteiger partial charge in [-0.1, -0.05) is 11.6 Å². The minimum absolute atomic E-state index is 0. The van der Waals surface area contributed by atoms with Gasteiger partial charge in [-0.05, 0) is 30.5 Å². The van der Waals surface area contributed by atoms with E-state index in [1.54, 1.807) is 7.05 Å². The quantitative estimate of drug-likeness (QED) is 0.353. The Labute approximate surface area is 198 Å². The summed E-state index contributed by atoms with van der Waals surface area (Å²) in [4.78, 5) is 21.0. The Morgan fingerprint density at radius 1 is 1.17 bits per heavy atom. The van der Waals surface area contributed by atoms with Crippen LogP contribution >= 0.6 is 35.6 Å². The standard InChI is InChI=1S/C20H27ClN4O4.HI/c1-22-20(23-13-14-11-15(21)18-17(12-14)28-9-10-29-18)25-6-4-24(5-7-25)19(26)16-3-2-8-27-16;/h11-12,16H,2-10,13H2,1H3,(H,22,23);1H. The van der Waals surface area contributed by atoms with Gasteiger partial charge in [0.1, 0.15) is 19.3 Å². The second-order valence-corrected chi connectivity index (χ2v) is 7.72. The Bertz CT molecular complexity index is 780. The first-order valence-corrected chi connectivity index (χ1v) is 10.5. The van der Waals surface area contributed by atoms with Crippen LogP contribution in [0, 0.1) is 0 Å². The van der Waals surface area contributed by atoms with E-state index in [1.807, 2.05) is 17.0 Å². The fraction of sp³-hybridized carbons (Fsp3) is 0.600. The second-order valence-electron chi connectivity index (χ2n) is 7.32. The molecule has 1 amide bonds. The minimum Gasteiger partial charge on any atom is -0.486 e. The van der Waals surface area contributed by atoms with E-state index in [4.69, 9.17) is 25.8 Å². The molecule has 1 aromatic carbocycles. The van der Waals surface area contributed by atoms with Crippen LogP contribution in [0.1, 0.15) is 18.4 Å². The van der Waals surface area contributed by atoms with Crippen molar-refractivity contribution >= 4 is 47.4 Å². The number of ether oxygens (including phenoxy) is 3. The molecule has 10 heteroatoms. The van der Waals surface area contributed by atoms with Gasteiger partial charge in [-0.15, -0.1) is 24.0 Å². The lowest BCUT2D eigenvalue weighted by Gasteiger charge is -2.37. The summed E-state index contributed by atoms with van der Waals surface area (Å²) in [5.41, 5.74) is 0.993. The van der Waals surface area contributed by atoms with Crippen LogP contribution < -0.4 is 14.8 Å². The van der Waals surface area contributed by atoms with E-state index in [1.165, 1.54) is 0 Å². The molecule has 1 aromatic rings. The van der Waals surface area contributed by atoms with E-state index in [9.17, 15) is 4.79 Å². The average molecular weight is 551 g/mol. The Kier molecular flexibility index (Phi) is 8.29. The third kappa shape index (κ3) is 5.23. The Hall–Kier alpha value is -1.46. The van der Waals surface area contributed by atoms with Crippen molar-refractivity contribution < 1.29 is 19.0 Å². The van der Waals surface area contributed by atoms with Gasteiger partial charge in [0, 0.05) is 46.4 Å². The highest BCUT2D eigenvalue weighted by Gasteiger charge is 2.31. The SMILES string of the molecule is CN=C(NCc1cc(Cl)c2c(c1)OCCO2)N1CCN(C(=O)C2CCCO2)CC1.I. The van der Waals surface area contributed by atoms with Gasteiger partial charge in [-0.25, -0.2) is 0 Å². The molecule has 1 N–H and O–H groups in total. The maximum absolute atomic E-state index is 12.5. The van der Waals surface area contributed by atoms with Crippen molar-refractivity contribution in [3.63, 3.8) is 0 Å². The number of nitrogens with zero attached hydrogens (tertiary/aromatic N) is 3. The van der Waals surface area contributed by atoms with Crippen molar-refractivity contribution in [2.45, 2.75) is 25.5 Å². The number of nitrogens with one attached hydrogen (secondary N) is 1. The van der Waals surface area contributed by atoms with Crippen molar-refractivity contribution in [2.75, 3.05) is 53.0 Å². The van der Waals surface area contributed by atoms with Gasteiger partial charge < -0.3 is 29.3 Å². The molecular weight excluding hydrogens is 523 g/mol. The normalized spacial score (nSPS) is 21.3. The van der Waals surface area contributed by atoms with Gasteiger partial charge in [0.05, 0.1) is 5.02 Å². The maximum Gasteiger partial charge on any atom is 0.251 e. The first kappa shape index (κ1) is 23.2. The van der Waals surface area contributed by atoms with Crippen LogP contribution in [0.2, 0.25) is 5.02 Å². The van der Waals surface area contributed by atoms with Crippen molar-refractivity contribution in [2.24, 2.45) is 4.99 Å². The van der Waals surface area contributed by atoms with E-state index >= 15 is 0 Å². The minimum atomic E-state index is -0.251. The number of rotatable bonds is 3. The highest BCUT2D eigenvalue weighted by Crippen LogP contribution is 2.38. The number of fused-ring (bicyclic) bond motifs is 1. The molecule has 30 heavy (non-hydrogen) atoms. The molecule has 166 valence electrons. The summed E-state index contributed by atoms with van der Waals surface area (Å²) < 4.78 is 16.7. The van der Waals surface area contributed by atoms with E-state index < -0.39 is 0 Å². The zero-order valence-electron chi connectivity index (χ0n) is 17.1. The van der Waals surface area contributed by atoms with E-state index in [0.29, 0.717) is 56.0 Å². The van der Waals surface area contributed by atoms with Crippen molar-refractivity contribution in [1.29, 1.82) is 0 Å². The smallest absolute Gasteiger partial charge is 0.251 e. The molecule has 0 bridgehead atoms. The number of carbonyl (C=O) groups is 1. The van der Waals surface area contributed by atoms with E-state index in [-0.39, 0.29) is 36.0 Å². The molecule has 2 saturated heterocycles. The molecule has 0 aliphatic carbocycles. The number of guanidine groups is 1. The van der Waals surface area contributed by atoms with Gasteiger partial charge in [0.25, 0.3) is 5.91 Å². The number of amides is 1. The molecule has 0 radical (unpaired) electrons. The summed E-state index contributed by atoms with van der Waals surface area (Å²) in [7, 11) is 1.77. The number of hydrogen-bond acceptors (Lipinski definition) is 5. The third-order valence-corrected chi connectivity index (χ3v) is 5.70. The van der Waals surface area contributed by atoms with Crippen LogP contribution in [-0.4, -0.2) is 80.8 Å². The molecule has 2 fully saturated rings. The topological polar surface area (TPSA) is 75.6 Å². The Morgan fingerprint density at radius 2 is 1.90 bits per heavy atom. The molecule has 8 nitrogen and oxygen atoms in total. The lowest BCUT2D eigenvalue weighted by Crippen LogP contribution is -2.55. The van der Waals surface area contributed by atoms with Crippen molar-refractivity contribution in [3.05, 3.63) is 22.7 Å². The van der Waals surface area contributed by atoms with Crippen LogP contribution in [0.3, 0.4) is 0 Å². The number of carbonyl (C=O) groups excluding carboxylic acids is 1. The lowest BCUT2D eigenvalue weighted by atomic mass is 10.2. The number of hydrogen-bond donors (Lipinski definition) is 1. The molecular formula is C20H28ClIN4O4. The fourth-order valence-electron chi connectivity index (χ4n) is 3.89. The molecule has 3 aliphatic heterocycles. The summed E-state index contributed by atoms with van der Waals surface area (Å²) in [6.07, 6.45) is 1.55. The number of halogens is 2. The highest BCUT2D eigenvalue weighted by molar-refractivity contribution is 14.0. The summed E-state index contributed by atoms with van der Waals surface area (Å²) in [6.45, 7) is 5.12. The lowest BCUT2D eigenvalue weighted by molar-refractivity contribution is -0.142. The van der Waals surface area contributed by atoms with Gasteiger partial charge in [-0.2, -0.15) is 0 Å². The molecule has 0 saturated carbocycles. The van der Waals surface area contributed by atoms with Crippen molar-refractivity contribution in [3.8, 4) is 11.5 Å². The van der Waals surface area contributed by atoms with Gasteiger partial charge in [0.15, 0.2) is 17.5 Å². The first-order valence-electron chi connectivity index (χ1n) is 10.1. The highest BCUT2D eigenvalue weighted by atomic mass is 127. The molecule has 1 atom stereocenters. The molecule has 3 heterocycles. The molecule has 3 aliphatic rings. The molecule has 0 aromatic heterocycles. The van der Waals surface area contributed by atoms with Crippen LogP contribution in [0.15, 0.2) is 17.1 Å². The molecule has 4 rings (SSSR count). The summed E-state index contributed by atoms with van der Waals surface area (Å²) in [6, 6.07) is 3.83. The summed E-state index contributed by atoms with van der Waals surface area (Å²) >= 11 is 6.32. The van der Waals surface area contributed by atoms with Gasteiger partial charge in [0.2, 0.25) is 0 Å². The molecule has 0 spiro atoms. The Morgan fingerprint density at radius 3 is 2.60 bits per heavy atom. The van der Waals surface area contributed by atoms with Crippen LogP contribution in [0.5, 0.6) is 11.5 Å². The summed E-state index contributed by atoms with van der Waals surface area (Å²) in [5.74, 6) is 2.21. The van der Waals surface area contributed by atoms with Crippen LogP contribution in [0.25, 0.3) is 0 Å². The predicted octanol–water partition coefficient (Wildman–Crippen LogP) is 2.13. The Balaban J connectivity index is 0.00000256. The summed E-state index contributed by atoms with van der Waals surface area (Å²) in [5, 5.41) is 3.93. The number of benzene rings is 1. The van der Waals surface area contributed by atoms with E-state index in [2.05, 4.69) is 15.2 Å². The van der Waals surface area contributed by atoms with Crippen LogP contribution in [-0.2, 0) is 16.1 Å². The average Bonchev–Trinajstić information content (AvgIpc) is 3.29. The first-order chi connectivity index (χ1) is 14.2. The largest absolute Gasteiger partial charge is 0.486 e. The zero-order chi connectivity index (χ0) is 20.2. The second kappa shape index (κ2) is 10.7. The number of piperazine rings is 1. The van der Waals surface area contributed by atoms with Crippen molar-refractivity contribution in [1.82, 2.24) is 15.1 Å². The third-order valence-electron chi connectivity index (χ3n) is 5.42. The van der Waals surface area contributed by atoms with E-state index in [0.717, 1.165) is 37.5 Å². The molecule has 1 unspecified atom stereocenters. The van der Waals surface area contributed by atoms with Gasteiger partial charge >= 0.3 is 0 Å². The zero-order valence-corrected chi connectivity index (χ0v) is 20.2. The monoisotopic (exact) mass is 550 g/mol. The maximum atomic E-state index is 12.5. The predicted molar refractivity (Wildman–Crippen MR) is 125 cm³/mol. The fourth-order valence-corrected chi connectivity index (χ4v) is 4.18. The number of aliphatic imine (C=N–C) groups is 1. The van der Waals surface area contributed by atoms with Gasteiger partial charge in [-0.3, -0.25) is 9.79 Å². The van der Waals surface area contributed by atoms with Crippen LogP contribution in [0.4, 0.5) is 0 Å².